The van der Waals surface area contributed by atoms with Crippen LogP contribution in [0.3, 0.4) is 0 Å². The third-order valence-electron chi connectivity index (χ3n) is 6.07. The van der Waals surface area contributed by atoms with Crippen LogP contribution in [0, 0.1) is 0 Å². The predicted molar refractivity (Wildman–Crippen MR) is 128 cm³/mol. The molecule has 34 heavy (non-hydrogen) atoms. The lowest BCUT2D eigenvalue weighted by Crippen LogP contribution is -2.36. The van der Waals surface area contributed by atoms with Gasteiger partial charge in [-0.15, -0.1) is 0 Å². The number of hydrogen-bond acceptors (Lipinski definition) is 6. The number of rotatable bonds is 9. The molecule has 0 aromatic heterocycles. The first-order valence-electron chi connectivity index (χ1n) is 11.9. The van der Waals surface area contributed by atoms with Gasteiger partial charge in [0.15, 0.2) is 0 Å². The van der Waals surface area contributed by atoms with Crippen molar-refractivity contribution < 1.29 is 28.9 Å². The summed E-state index contributed by atoms with van der Waals surface area (Å²) in [6, 6.07) is 13.5. The highest BCUT2D eigenvalue weighted by atomic mass is 16.5. The number of amides is 1. The SMILES string of the molecule is CCCOc1ccc(C2/C(=C(\O)c3ccc(OCC)cc3)C(=O)C(=O)N2CC2CCCO2)cc1. The molecular weight excluding hydrogens is 434 g/mol. The van der Waals surface area contributed by atoms with Crippen molar-refractivity contribution in [2.45, 2.75) is 45.3 Å². The number of Topliss-reactive ketones (excluding diaryl/α,β-unsaturated/α-hetero) is 1. The Labute approximate surface area is 199 Å². The molecular formula is C27H31NO6. The fraction of sp³-hybridized carbons (Fsp3) is 0.407. The zero-order valence-corrected chi connectivity index (χ0v) is 19.7. The van der Waals surface area contributed by atoms with E-state index in [-0.39, 0.29) is 17.4 Å². The van der Waals surface area contributed by atoms with Crippen molar-refractivity contribution in [1.82, 2.24) is 4.90 Å². The molecule has 2 aliphatic rings. The number of hydrogen-bond donors (Lipinski definition) is 1. The smallest absolute Gasteiger partial charge is 0.295 e. The molecule has 1 N–H and O–H groups in total. The van der Waals surface area contributed by atoms with Gasteiger partial charge >= 0.3 is 0 Å². The number of benzene rings is 2. The van der Waals surface area contributed by atoms with E-state index in [0.29, 0.717) is 43.4 Å². The third-order valence-corrected chi connectivity index (χ3v) is 6.07. The lowest BCUT2D eigenvalue weighted by atomic mass is 9.95. The van der Waals surface area contributed by atoms with Crippen LogP contribution in [0.15, 0.2) is 54.1 Å². The van der Waals surface area contributed by atoms with Crippen molar-refractivity contribution in [2.75, 3.05) is 26.4 Å². The summed E-state index contributed by atoms with van der Waals surface area (Å²) in [6.45, 7) is 6.00. The van der Waals surface area contributed by atoms with Crippen LogP contribution in [0.4, 0.5) is 0 Å². The normalized spacial score (nSPS) is 21.8. The first-order chi connectivity index (χ1) is 16.5. The molecule has 7 heteroatoms. The van der Waals surface area contributed by atoms with Crippen LogP contribution in [-0.2, 0) is 14.3 Å². The molecule has 2 saturated heterocycles. The van der Waals surface area contributed by atoms with E-state index in [1.165, 1.54) is 4.90 Å². The van der Waals surface area contributed by atoms with Crippen molar-refractivity contribution in [1.29, 1.82) is 0 Å². The summed E-state index contributed by atoms with van der Waals surface area (Å²) in [6.07, 6.45) is 2.52. The van der Waals surface area contributed by atoms with E-state index in [0.717, 1.165) is 24.8 Å². The van der Waals surface area contributed by atoms with E-state index in [9.17, 15) is 14.7 Å². The zero-order valence-electron chi connectivity index (χ0n) is 19.7. The molecule has 0 spiro atoms. The maximum atomic E-state index is 13.2. The maximum absolute atomic E-state index is 13.2. The Morgan fingerprint density at radius 3 is 2.32 bits per heavy atom. The Morgan fingerprint density at radius 2 is 1.71 bits per heavy atom. The number of aliphatic hydroxyl groups is 1. The van der Waals surface area contributed by atoms with Gasteiger partial charge in [0, 0.05) is 18.7 Å². The summed E-state index contributed by atoms with van der Waals surface area (Å²) < 4.78 is 16.9. The van der Waals surface area contributed by atoms with Crippen molar-refractivity contribution in [2.24, 2.45) is 0 Å². The summed E-state index contributed by atoms with van der Waals surface area (Å²) in [5.41, 5.74) is 1.26. The highest BCUT2D eigenvalue weighted by Gasteiger charge is 2.47. The number of carbonyl (C=O) groups excluding carboxylic acids is 2. The monoisotopic (exact) mass is 465 g/mol. The second-order valence-corrected chi connectivity index (χ2v) is 8.46. The quantitative estimate of drug-likeness (QED) is 0.334. The van der Waals surface area contributed by atoms with E-state index >= 15 is 0 Å². The molecule has 0 saturated carbocycles. The molecule has 180 valence electrons. The summed E-state index contributed by atoms with van der Waals surface area (Å²) in [7, 11) is 0. The minimum atomic E-state index is -0.712. The van der Waals surface area contributed by atoms with Crippen LogP contribution in [0.1, 0.15) is 50.3 Å². The minimum absolute atomic E-state index is 0.0781. The molecule has 0 aliphatic carbocycles. The van der Waals surface area contributed by atoms with Gasteiger partial charge in [-0.05, 0) is 68.1 Å². The van der Waals surface area contributed by atoms with Gasteiger partial charge in [-0.3, -0.25) is 9.59 Å². The molecule has 4 rings (SSSR count). The number of likely N-dealkylation sites (tertiary alicyclic amines) is 1. The molecule has 2 heterocycles. The molecule has 7 nitrogen and oxygen atoms in total. The molecule has 2 atom stereocenters. The summed E-state index contributed by atoms with van der Waals surface area (Å²) in [5, 5.41) is 11.2. The Kier molecular flexibility index (Phi) is 7.53. The fourth-order valence-corrected chi connectivity index (χ4v) is 4.42. The van der Waals surface area contributed by atoms with Gasteiger partial charge in [-0.1, -0.05) is 19.1 Å². The molecule has 2 aromatic rings. The van der Waals surface area contributed by atoms with Gasteiger partial charge in [0.2, 0.25) is 0 Å². The van der Waals surface area contributed by atoms with Gasteiger partial charge in [-0.2, -0.15) is 0 Å². The second kappa shape index (κ2) is 10.7. The summed E-state index contributed by atoms with van der Waals surface area (Å²) >= 11 is 0. The fourth-order valence-electron chi connectivity index (χ4n) is 4.42. The van der Waals surface area contributed by atoms with Gasteiger partial charge < -0.3 is 24.2 Å². The molecule has 1 amide bonds. The van der Waals surface area contributed by atoms with Crippen molar-refractivity contribution in [3.05, 3.63) is 65.2 Å². The Morgan fingerprint density at radius 1 is 1.03 bits per heavy atom. The molecule has 0 radical (unpaired) electrons. The van der Waals surface area contributed by atoms with E-state index in [2.05, 4.69) is 0 Å². The number of carbonyl (C=O) groups is 2. The Bertz CT molecular complexity index is 1040. The predicted octanol–water partition coefficient (Wildman–Crippen LogP) is 4.47. The summed E-state index contributed by atoms with van der Waals surface area (Å²) in [5.74, 6) is -0.141. The largest absolute Gasteiger partial charge is 0.507 e. The van der Waals surface area contributed by atoms with Gasteiger partial charge in [0.05, 0.1) is 30.9 Å². The van der Waals surface area contributed by atoms with Crippen molar-refractivity contribution >= 4 is 17.4 Å². The van der Waals surface area contributed by atoms with E-state index < -0.39 is 17.7 Å². The Balaban J connectivity index is 1.73. The van der Waals surface area contributed by atoms with E-state index in [1.807, 2.05) is 38.1 Å². The molecule has 2 unspecified atom stereocenters. The highest BCUT2D eigenvalue weighted by molar-refractivity contribution is 6.46. The summed E-state index contributed by atoms with van der Waals surface area (Å²) in [4.78, 5) is 27.8. The van der Waals surface area contributed by atoms with Crippen LogP contribution in [0.5, 0.6) is 11.5 Å². The average molecular weight is 466 g/mol. The topological polar surface area (TPSA) is 85.3 Å². The van der Waals surface area contributed by atoms with E-state index in [1.54, 1.807) is 24.3 Å². The van der Waals surface area contributed by atoms with Crippen LogP contribution in [-0.4, -0.2) is 54.2 Å². The first kappa shape index (κ1) is 23.8. The van der Waals surface area contributed by atoms with Gasteiger partial charge in [0.25, 0.3) is 11.7 Å². The van der Waals surface area contributed by atoms with Gasteiger partial charge in [-0.25, -0.2) is 0 Å². The van der Waals surface area contributed by atoms with Crippen molar-refractivity contribution in [3.8, 4) is 11.5 Å². The Hall–Kier alpha value is -3.32. The van der Waals surface area contributed by atoms with Crippen LogP contribution in [0.25, 0.3) is 5.76 Å². The lowest BCUT2D eigenvalue weighted by molar-refractivity contribution is -0.140. The molecule has 2 fully saturated rings. The van der Waals surface area contributed by atoms with Crippen LogP contribution < -0.4 is 9.47 Å². The number of nitrogens with zero attached hydrogens (tertiary/aromatic N) is 1. The number of aliphatic hydroxyl groups excluding tert-OH is 1. The molecule has 2 aromatic carbocycles. The zero-order chi connectivity index (χ0) is 24.1. The van der Waals surface area contributed by atoms with Gasteiger partial charge in [0.1, 0.15) is 17.3 Å². The third kappa shape index (κ3) is 4.94. The first-order valence-corrected chi connectivity index (χ1v) is 11.9. The number of ether oxygens (including phenoxy) is 3. The minimum Gasteiger partial charge on any atom is -0.507 e. The van der Waals surface area contributed by atoms with Crippen LogP contribution in [0.2, 0.25) is 0 Å². The van der Waals surface area contributed by atoms with Crippen LogP contribution >= 0.6 is 0 Å². The number of ketones is 1. The lowest BCUT2D eigenvalue weighted by Gasteiger charge is -2.27. The molecule has 0 bridgehead atoms. The standard InChI is InChI=1S/C27H31NO6/c1-3-15-33-21-11-7-18(8-12-21)24-23(25(29)19-9-13-20(14-10-19)32-4-2)26(30)27(31)28(24)17-22-6-5-16-34-22/h7-14,22,24,29H,3-6,15-17H2,1-2H3/b25-23+. The van der Waals surface area contributed by atoms with Crippen molar-refractivity contribution in [3.63, 3.8) is 0 Å². The molecule has 2 aliphatic heterocycles. The second-order valence-electron chi connectivity index (χ2n) is 8.46. The maximum Gasteiger partial charge on any atom is 0.295 e. The average Bonchev–Trinajstić information content (AvgIpc) is 3.46. The van der Waals surface area contributed by atoms with E-state index in [4.69, 9.17) is 14.2 Å². The highest BCUT2D eigenvalue weighted by Crippen LogP contribution is 2.40.